The molecular formula is C33H42O3. The largest absolute Gasteiger partial charge is 0.491 e. The van der Waals surface area contributed by atoms with Crippen molar-refractivity contribution in [1.82, 2.24) is 0 Å². The van der Waals surface area contributed by atoms with Gasteiger partial charge < -0.3 is 9.47 Å². The Labute approximate surface area is 217 Å². The van der Waals surface area contributed by atoms with Gasteiger partial charge >= 0.3 is 5.97 Å². The molecule has 0 fully saturated rings. The Morgan fingerprint density at radius 3 is 1.81 bits per heavy atom. The fraction of sp³-hybridized carbons (Fsp3) is 0.424. The molecule has 0 saturated heterocycles. The van der Waals surface area contributed by atoms with E-state index in [1.807, 2.05) is 60.7 Å². The topological polar surface area (TPSA) is 35.5 Å². The molecule has 0 unspecified atom stereocenters. The van der Waals surface area contributed by atoms with E-state index in [9.17, 15) is 4.79 Å². The molecule has 0 spiro atoms. The molecule has 3 rings (SSSR count). The van der Waals surface area contributed by atoms with Crippen molar-refractivity contribution in [2.75, 3.05) is 0 Å². The Balaban J connectivity index is 1.49. The van der Waals surface area contributed by atoms with E-state index in [1.165, 1.54) is 56.9 Å². The predicted octanol–water partition coefficient (Wildman–Crippen LogP) is 9.43. The van der Waals surface area contributed by atoms with Gasteiger partial charge in [0.1, 0.15) is 11.5 Å². The third-order valence-electron chi connectivity index (χ3n) is 6.56. The molecule has 0 amide bonds. The number of rotatable bonds is 15. The van der Waals surface area contributed by atoms with Crippen LogP contribution < -0.4 is 9.47 Å². The van der Waals surface area contributed by atoms with Gasteiger partial charge in [0, 0.05) is 0 Å². The van der Waals surface area contributed by atoms with Gasteiger partial charge in [0.05, 0.1) is 11.7 Å². The summed E-state index contributed by atoms with van der Waals surface area (Å²) in [5, 5.41) is 0. The molecule has 0 saturated carbocycles. The van der Waals surface area contributed by atoms with Gasteiger partial charge in [-0.2, -0.15) is 0 Å². The van der Waals surface area contributed by atoms with Gasteiger partial charge in [-0.3, -0.25) is 0 Å². The molecule has 3 nitrogen and oxygen atoms in total. The zero-order chi connectivity index (χ0) is 25.6. The van der Waals surface area contributed by atoms with Crippen molar-refractivity contribution in [3.63, 3.8) is 0 Å². The highest BCUT2D eigenvalue weighted by molar-refractivity contribution is 5.91. The van der Waals surface area contributed by atoms with Crippen LogP contribution in [-0.4, -0.2) is 12.1 Å². The van der Waals surface area contributed by atoms with Crippen molar-refractivity contribution in [2.45, 2.75) is 91.1 Å². The van der Waals surface area contributed by atoms with Crippen LogP contribution in [0.2, 0.25) is 0 Å². The Kier molecular flexibility index (Phi) is 11.6. The summed E-state index contributed by atoms with van der Waals surface area (Å²) < 4.78 is 11.7. The molecule has 192 valence electrons. The van der Waals surface area contributed by atoms with Crippen LogP contribution in [0.3, 0.4) is 0 Å². The van der Waals surface area contributed by atoms with E-state index in [-0.39, 0.29) is 12.1 Å². The van der Waals surface area contributed by atoms with Crippen LogP contribution >= 0.6 is 0 Å². The maximum absolute atomic E-state index is 12.6. The number of hydrogen-bond donors (Lipinski definition) is 0. The first-order valence-corrected chi connectivity index (χ1v) is 13.8. The Morgan fingerprint density at radius 1 is 0.667 bits per heavy atom. The normalized spacial score (nSPS) is 11.8. The lowest BCUT2D eigenvalue weighted by molar-refractivity contribution is 0.0734. The van der Waals surface area contributed by atoms with Crippen molar-refractivity contribution < 1.29 is 14.3 Å². The molecule has 0 N–H and O–H groups in total. The fourth-order valence-electron chi connectivity index (χ4n) is 4.32. The zero-order valence-electron chi connectivity index (χ0n) is 22.3. The SMILES string of the molecule is CCCCCCc1ccc(C(=O)Oc2ccc(-c3ccc(O[C@@H](C)CCCCCC)cc3)cc2)cc1. The first-order valence-electron chi connectivity index (χ1n) is 13.8. The molecule has 0 aromatic heterocycles. The molecule has 0 radical (unpaired) electrons. The number of unbranched alkanes of at least 4 members (excludes halogenated alkanes) is 6. The molecule has 3 aromatic carbocycles. The van der Waals surface area contributed by atoms with Crippen LogP contribution in [-0.2, 0) is 6.42 Å². The second-order valence-electron chi connectivity index (χ2n) is 9.72. The van der Waals surface area contributed by atoms with Crippen molar-refractivity contribution >= 4 is 5.97 Å². The third-order valence-corrected chi connectivity index (χ3v) is 6.56. The molecule has 3 heteroatoms. The van der Waals surface area contributed by atoms with Crippen molar-refractivity contribution in [3.05, 3.63) is 83.9 Å². The standard InChI is InChI=1S/C33H42O3/c1-4-6-8-10-12-26(3)35-31-22-18-28(19-23-31)29-20-24-32(25-21-29)36-33(34)30-16-14-27(15-17-30)13-11-9-7-5-2/h14-26H,4-13H2,1-3H3/t26-/m0/s1. The first kappa shape index (κ1) is 27.5. The Hall–Kier alpha value is -3.07. The lowest BCUT2D eigenvalue weighted by Crippen LogP contribution is -2.11. The second kappa shape index (κ2) is 15.1. The number of ether oxygens (including phenoxy) is 2. The minimum atomic E-state index is -0.328. The third kappa shape index (κ3) is 9.18. The van der Waals surface area contributed by atoms with Crippen LogP contribution in [0.15, 0.2) is 72.8 Å². The Morgan fingerprint density at radius 2 is 1.22 bits per heavy atom. The molecule has 3 aromatic rings. The van der Waals surface area contributed by atoms with Crippen LogP contribution in [0.4, 0.5) is 0 Å². The van der Waals surface area contributed by atoms with Crippen LogP contribution in [0.5, 0.6) is 11.5 Å². The molecular weight excluding hydrogens is 444 g/mol. The lowest BCUT2D eigenvalue weighted by Gasteiger charge is -2.15. The van der Waals surface area contributed by atoms with Gasteiger partial charge in [0.15, 0.2) is 0 Å². The number of esters is 1. The van der Waals surface area contributed by atoms with E-state index < -0.39 is 0 Å². The number of carbonyl (C=O) groups is 1. The van der Waals surface area contributed by atoms with Gasteiger partial charge in [-0.25, -0.2) is 4.79 Å². The zero-order valence-corrected chi connectivity index (χ0v) is 22.3. The summed E-state index contributed by atoms with van der Waals surface area (Å²) in [5.41, 5.74) is 4.02. The number of aryl methyl sites for hydroxylation is 1. The first-order chi connectivity index (χ1) is 17.6. The molecule has 0 aliphatic rings. The van der Waals surface area contributed by atoms with Crippen LogP contribution in [0, 0.1) is 0 Å². The molecule has 0 heterocycles. The number of carbonyl (C=O) groups excluding carboxylic acids is 1. The minimum absolute atomic E-state index is 0.226. The summed E-state index contributed by atoms with van der Waals surface area (Å²) in [4.78, 5) is 12.6. The molecule has 1 atom stereocenters. The smallest absolute Gasteiger partial charge is 0.343 e. The molecule has 0 aliphatic carbocycles. The lowest BCUT2D eigenvalue weighted by atomic mass is 10.0. The average molecular weight is 487 g/mol. The maximum atomic E-state index is 12.6. The molecule has 36 heavy (non-hydrogen) atoms. The summed E-state index contributed by atoms with van der Waals surface area (Å²) >= 11 is 0. The van der Waals surface area contributed by atoms with Gasteiger partial charge in [-0.1, -0.05) is 88.8 Å². The molecule has 0 aliphatic heterocycles. The van der Waals surface area contributed by atoms with Gasteiger partial charge in [0.2, 0.25) is 0 Å². The van der Waals surface area contributed by atoms with Gasteiger partial charge in [-0.15, -0.1) is 0 Å². The maximum Gasteiger partial charge on any atom is 0.343 e. The van der Waals surface area contributed by atoms with Gasteiger partial charge in [0.25, 0.3) is 0 Å². The van der Waals surface area contributed by atoms with Crippen molar-refractivity contribution in [1.29, 1.82) is 0 Å². The Bertz CT molecular complexity index is 1020. The van der Waals surface area contributed by atoms with E-state index in [2.05, 4.69) is 32.9 Å². The van der Waals surface area contributed by atoms with Gasteiger partial charge in [-0.05, 0) is 85.7 Å². The summed E-state index contributed by atoms with van der Waals surface area (Å²) in [7, 11) is 0. The van der Waals surface area contributed by atoms with Crippen LogP contribution in [0.25, 0.3) is 11.1 Å². The minimum Gasteiger partial charge on any atom is -0.491 e. The molecule has 0 bridgehead atoms. The number of hydrogen-bond acceptors (Lipinski definition) is 3. The monoisotopic (exact) mass is 486 g/mol. The van der Waals surface area contributed by atoms with E-state index in [0.29, 0.717) is 11.3 Å². The number of benzene rings is 3. The van der Waals surface area contributed by atoms with Crippen molar-refractivity contribution in [2.24, 2.45) is 0 Å². The van der Waals surface area contributed by atoms with E-state index in [1.54, 1.807) is 0 Å². The highest BCUT2D eigenvalue weighted by Crippen LogP contribution is 2.26. The highest BCUT2D eigenvalue weighted by atomic mass is 16.5. The van der Waals surface area contributed by atoms with E-state index >= 15 is 0 Å². The quantitative estimate of drug-likeness (QED) is 0.122. The average Bonchev–Trinajstić information content (AvgIpc) is 2.90. The summed E-state index contributed by atoms with van der Waals surface area (Å²) in [5.74, 6) is 1.12. The second-order valence-corrected chi connectivity index (χ2v) is 9.72. The van der Waals surface area contributed by atoms with E-state index in [4.69, 9.17) is 9.47 Å². The summed E-state index contributed by atoms with van der Waals surface area (Å²) in [6, 6.07) is 23.6. The predicted molar refractivity (Wildman–Crippen MR) is 150 cm³/mol. The summed E-state index contributed by atoms with van der Waals surface area (Å²) in [6.07, 6.45) is 12.4. The summed E-state index contributed by atoms with van der Waals surface area (Å²) in [6.45, 7) is 6.60. The fourth-order valence-corrected chi connectivity index (χ4v) is 4.32. The van der Waals surface area contributed by atoms with Crippen molar-refractivity contribution in [3.8, 4) is 22.6 Å². The van der Waals surface area contributed by atoms with Crippen LogP contribution in [0.1, 0.15) is 94.5 Å². The highest BCUT2D eigenvalue weighted by Gasteiger charge is 2.10. The van der Waals surface area contributed by atoms with E-state index in [0.717, 1.165) is 29.7 Å².